The van der Waals surface area contributed by atoms with Gasteiger partial charge in [-0.05, 0) is 54.8 Å². The van der Waals surface area contributed by atoms with Crippen LogP contribution in [0.3, 0.4) is 0 Å². The van der Waals surface area contributed by atoms with Crippen LogP contribution in [-0.2, 0) is 4.79 Å². The molecule has 4 heterocycles. The number of rotatable bonds is 4. The van der Waals surface area contributed by atoms with Gasteiger partial charge in [0.05, 0.1) is 35.6 Å². The number of alkyl halides is 3. The molecule has 3 aromatic heterocycles. The molecule has 4 aromatic rings. The lowest BCUT2D eigenvalue weighted by Crippen LogP contribution is -2.27. The predicted molar refractivity (Wildman–Crippen MR) is 158 cm³/mol. The van der Waals surface area contributed by atoms with Crippen molar-refractivity contribution in [3.8, 4) is 22.4 Å². The SMILES string of the molecule is CC1CCC[C@H](n2cnc(-c3cc(Cl)ccc3N/C=C(\N)C(F)(F)F)cc2=O)c2cc(ccn2)-c2ccncc2NC1=O. The normalized spacial score (nSPS) is 17.7. The first-order chi connectivity index (χ1) is 20.5. The molecule has 1 unspecified atom stereocenters. The summed E-state index contributed by atoms with van der Waals surface area (Å²) in [6, 6.07) is 10.7. The number of benzene rings is 1. The molecule has 1 amide bonds. The van der Waals surface area contributed by atoms with Gasteiger partial charge in [0.25, 0.3) is 5.56 Å². The maximum atomic E-state index is 13.6. The van der Waals surface area contributed by atoms with E-state index in [1.807, 2.05) is 19.1 Å². The lowest BCUT2D eigenvalue weighted by atomic mass is 9.96. The zero-order valence-electron chi connectivity index (χ0n) is 22.9. The number of allylic oxidation sites excluding steroid dienone is 1. The highest BCUT2D eigenvalue weighted by molar-refractivity contribution is 6.31. The van der Waals surface area contributed by atoms with E-state index in [1.165, 1.54) is 35.2 Å². The van der Waals surface area contributed by atoms with Crippen LogP contribution in [0.5, 0.6) is 0 Å². The minimum Gasteiger partial charge on any atom is -0.394 e. The van der Waals surface area contributed by atoms with Gasteiger partial charge in [-0.2, -0.15) is 13.2 Å². The van der Waals surface area contributed by atoms with E-state index in [0.717, 1.165) is 11.1 Å². The molecule has 0 spiro atoms. The number of amides is 1. The topological polar surface area (TPSA) is 128 Å². The molecule has 1 aliphatic rings. The van der Waals surface area contributed by atoms with Gasteiger partial charge < -0.3 is 16.4 Å². The van der Waals surface area contributed by atoms with Gasteiger partial charge in [-0.1, -0.05) is 24.9 Å². The summed E-state index contributed by atoms with van der Waals surface area (Å²) in [5, 5.41) is 5.81. The number of aromatic nitrogens is 4. The molecule has 2 bridgehead atoms. The fraction of sp³-hybridized carbons (Fsp3) is 0.233. The molecule has 2 atom stereocenters. The highest BCUT2D eigenvalue weighted by Crippen LogP contribution is 2.33. The highest BCUT2D eigenvalue weighted by Gasteiger charge is 2.31. The molecule has 0 aliphatic carbocycles. The van der Waals surface area contributed by atoms with Crippen molar-refractivity contribution in [1.82, 2.24) is 19.5 Å². The number of fused-ring (bicyclic) bond motifs is 4. The van der Waals surface area contributed by atoms with Gasteiger partial charge in [0, 0.05) is 52.4 Å². The minimum atomic E-state index is -4.71. The third-order valence-electron chi connectivity index (χ3n) is 7.21. The van der Waals surface area contributed by atoms with E-state index in [-0.39, 0.29) is 23.2 Å². The van der Waals surface area contributed by atoms with E-state index in [0.29, 0.717) is 47.4 Å². The first kappa shape index (κ1) is 29.8. The second-order valence-corrected chi connectivity index (χ2v) is 10.6. The highest BCUT2D eigenvalue weighted by atomic mass is 35.5. The average molecular weight is 610 g/mol. The van der Waals surface area contributed by atoms with Crippen molar-refractivity contribution >= 4 is 28.9 Å². The van der Waals surface area contributed by atoms with Gasteiger partial charge in [-0.15, -0.1) is 0 Å². The number of anilines is 2. The molecule has 9 nitrogen and oxygen atoms in total. The van der Waals surface area contributed by atoms with Crippen molar-refractivity contribution in [2.45, 2.75) is 38.4 Å². The molecule has 43 heavy (non-hydrogen) atoms. The molecular weight excluding hydrogens is 583 g/mol. The number of hydrogen-bond acceptors (Lipinski definition) is 7. The number of halogens is 4. The van der Waals surface area contributed by atoms with E-state index in [2.05, 4.69) is 25.6 Å². The zero-order valence-corrected chi connectivity index (χ0v) is 23.7. The third-order valence-corrected chi connectivity index (χ3v) is 7.45. The van der Waals surface area contributed by atoms with Gasteiger partial charge in [0.2, 0.25) is 5.91 Å². The number of carbonyl (C=O) groups is 1. The Morgan fingerprint density at radius 3 is 2.67 bits per heavy atom. The Bertz CT molecular complexity index is 1760. The molecule has 222 valence electrons. The third kappa shape index (κ3) is 6.69. The molecule has 0 radical (unpaired) electrons. The second-order valence-electron chi connectivity index (χ2n) is 10.2. The summed E-state index contributed by atoms with van der Waals surface area (Å²) in [6.45, 7) is 1.85. The Morgan fingerprint density at radius 1 is 1.09 bits per heavy atom. The summed E-state index contributed by atoms with van der Waals surface area (Å²) >= 11 is 6.18. The average Bonchev–Trinajstić information content (AvgIpc) is 2.98. The van der Waals surface area contributed by atoms with Crippen molar-refractivity contribution < 1.29 is 18.0 Å². The molecule has 0 fully saturated rings. The smallest absolute Gasteiger partial charge is 0.394 e. The van der Waals surface area contributed by atoms with Crippen molar-refractivity contribution in [2.24, 2.45) is 11.7 Å². The zero-order chi connectivity index (χ0) is 30.7. The molecular formula is C30H27ClF3N7O2. The van der Waals surface area contributed by atoms with Gasteiger partial charge in [0.15, 0.2) is 0 Å². The molecule has 5 rings (SSSR count). The Balaban J connectivity index is 1.55. The Morgan fingerprint density at radius 2 is 1.91 bits per heavy atom. The molecule has 0 saturated carbocycles. The number of carbonyl (C=O) groups excluding carboxylic acids is 1. The van der Waals surface area contributed by atoms with E-state index in [9.17, 15) is 22.8 Å². The number of hydrogen-bond donors (Lipinski definition) is 3. The van der Waals surface area contributed by atoms with Crippen LogP contribution in [0.1, 0.15) is 37.9 Å². The van der Waals surface area contributed by atoms with Crippen molar-refractivity contribution in [2.75, 3.05) is 10.6 Å². The van der Waals surface area contributed by atoms with E-state index in [4.69, 9.17) is 17.3 Å². The second kappa shape index (κ2) is 12.3. The van der Waals surface area contributed by atoms with Crippen LogP contribution < -0.4 is 21.9 Å². The summed E-state index contributed by atoms with van der Waals surface area (Å²) in [4.78, 5) is 39.7. The number of nitrogens with zero attached hydrogens (tertiary/aromatic N) is 4. The maximum Gasteiger partial charge on any atom is 0.432 e. The number of pyridine rings is 2. The number of nitrogens with two attached hydrogens (primary N) is 1. The van der Waals surface area contributed by atoms with Crippen molar-refractivity contribution in [1.29, 1.82) is 0 Å². The van der Waals surface area contributed by atoms with Crippen molar-refractivity contribution in [3.05, 3.63) is 100 Å². The van der Waals surface area contributed by atoms with Crippen LogP contribution in [0.2, 0.25) is 5.02 Å². The predicted octanol–water partition coefficient (Wildman–Crippen LogP) is 6.14. The van der Waals surface area contributed by atoms with Crippen molar-refractivity contribution in [3.63, 3.8) is 0 Å². The standard InChI is InChI=1S/C30H27ClF3N7O2/c1-17-3-2-4-26(24-11-18(7-10-37-24)20-8-9-36-14-25(20)40-29(17)43)41-16-39-23(13-28(41)42)21-12-19(31)5-6-22(21)38-15-27(35)30(32,33)34/h5-17,26,38H,2-4,35H2,1H3,(H,40,43)/b27-15-/t17?,26-/m0/s1. The van der Waals surface area contributed by atoms with Gasteiger partial charge in [-0.3, -0.25) is 24.1 Å². The molecule has 0 saturated heterocycles. The Hall–Kier alpha value is -4.71. The largest absolute Gasteiger partial charge is 0.432 e. The Kier molecular flexibility index (Phi) is 8.49. The first-order valence-electron chi connectivity index (χ1n) is 13.4. The summed E-state index contributed by atoms with van der Waals surface area (Å²) in [5.41, 5.74) is 6.91. The minimum absolute atomic E-state index is 0.124. The Labute approximate surface area is 249 Å². The summed E-state index contributed by atoms with van der Waals surface area (Å²) < 4.78 is 40.2. The molecule has 1 aromatic carbocycles. The van der Waals surface area contributed by atoms with E-state index < -0.39 is 23.5 Å². The lowest BCUT2D eigenvalue weighted by molar-refractivity contribution is -0.119. The van der Waals surface area contributed by atoms with Crippen LogP contribution in [0.4, 0.5) is 24.5 Å². The maximum absolute atomic E-state index is 13.6. The molecule has 4 N–H and O–H groups in total. The quantitative estimate of drug-likeness (QED) is 0.253. The summed E-state index contributed by atoms with van der Waals surface area (Å²) in [5.74, 6) is -0.410. The molecule has 1 aliphatic heterocycles. The lowest BCUT2D eigenvalue weighted by Gasteiger charge is -2.22. The fourth-order valence-electron chi connectivity index (χ4n) is 4.86. The van der Waals surface area contributed by atoms with E-state index >= 15 is 0 Å². The van der Waals surface area contributed by atoms with Crippen LogP contribution in [-0.4, -0.2) is 31.6 Å². The van der Waals surface area contributed by atoms with Gasteiger partial charge in [-0.25, -0.2) is 4.98 Å². The van der Waals surface area contributed by atoms with Gasteiger partial charge >= 0.3 is 6.18 Å². The monoisotopic (exact) mass is 609 g/mol. The summed E-state index contributed by atoms with van der Waals surface area (Å²) in [7, 11) is 0. The summed E-state index contributed by atoms with van der Waals surface area (Å²) in [6.07, 6.45) is 3.89. The molecule has 13 heteroatoms. The fourth-order valence-corrected chi connectivity index (χ4v) is 5.03. The van der Waals surface area contributed by atoms with Crippen LogP contribution in [0.25, 0.3) is 22.4 Å². The van der Waals surface area contributed by atoms with E-state index in [1.54, 1.807) is 24.7 Å². The van der Waals surface area contributed by atoms with Crippen LogP contribution >= 0.6 is 11.6 Å². The van der Waals surface area contributed by atoms with Gasteiger partial charge in [0.1, 0.15) is 5.70 Å². The number of nitrogens with one attached hydrogen (secondary N) is 2. The van der Waals surface area contributed by atoms with Crippen LogP contribution in [0.15, 0.2) is 84.1 Å². The first-order valence-corrected chi connectivity index (χ1v) is 13.8. The van der Waals surface area contributed by atoms with Crippen LogP contribution in [0, 0.1) is 5.92 Å².